The number of likely N-dealkylation sites (N-methyl/N-ethyl adjacent to an activating group) is 2. The van der Waals surface area contributed by atoms with Crippen molar-refractivity contribution in [3.63, 3.8) is 0 Å². The molecular weight excluding hydrogens is 460 g/mol. The fraction of sp³-hybridized carbons (Fsp3) is 0.455. The summed E-state index contributed by atoms with van der Waals surface area (Å²) in [7, 11) is 2.95. The van der Waals surface area contributed by atoms with E-state index in [1.165, 1.54) is 36.2 Å². The Labute approximate surface area is 201 Å². The average Bonchev–Trinajstić information content (AvgIpc) is 3.24. The van der Waals surface area contributed by atoms with Crippen LogP contribution in [-0.2, 0) is 19.2 Å². The Morgan fingerprint density at radius 1 is 1.14 bits per heavy atom. The van der Waals surface area contributed by atoms with Crippen LogP contribution in [0.5, 0.6) is 0 Å². The molecule has 3 unspecified atom stereocenters. The minimum absolute atomic E-state index is 0.0381. The molecule has 0 aromatic heterocycles. The van der Waals surface area contributed by atoms with Gasteiger partial charge in [-0.05, 0) is 38.1 Å². The molecule has 0 aliphatic carbocycles. The largest absolute Gasteiger partial charge is 0.481 e. The molecule has 1 saturated heterocycles. The maximum Gasteiger partial charge on any atom is 0.303 e. The molecule has 1 aromatic rings. The first-order valence-corrected chi connectivity index (χ1v) is 11.0. The van der Waals surface area contributed by atoms with Crippen molar-refractivity contribution >= 4 is 35.5 Å². The highest BCUT2D eigenvalue weighted by Gasteiger charge is 2.42. The monoisotopic (exact) mass is 490 g/mol. The number of nitrogens with one attached hydrogen (secondary N) is 4. The van der Waals surface area contributed by atoms with Gasteiger partial charge in [0.15, 0.2) is 0 Å². The van der Waals surface area contributed by atoms with Gasteiger partial charge in [-0.2, -0.15) is 0 Å². The average molecular weight is 491 g/mol. The summed E-state index contributed by atoms with van der Waals surface area (Å²) in [6.45, 7) is -0.123. The molecule has 1 heterocycles. The highest BCUT2D eigenvalue weighted by atomic mass is 16.4. The lowest BCUT2D eigenvalue weighted by atomic mass is 10.1. The molecule has 5 amide bonds. The summed E-state index contributed by atoms with van der Waals surface area (Å²) in [5.41, 5.74) is 5.60. The first kappa shape index (κ1) is 27.2. The minimum atomic E-state index is -1.17. The van der Waals surface area contributed by atoms with E-state index in [1.54, 1.807) is 7.05 Å². The number of hydrogen-bond acceptors (Lipinski definition) is 7. The number of nitrogens with zero attached hydrogens (tertiary/aromatic N) is 1. The van der Waals surface area contributed by atoms with E-state index in [0.29, 0.717) is 0 Å². The maximum absolute atomic E-state index is 13.3. The van der Waals surface area contributed by atoms with Crippen LogP contribution >= 0.6 is 0 Å². The second kappa shape index (κ2) is 12.5. The molecule has 190 valence electrons. The molecule has 13 nitrogen and oxygen atoms in total. The molecule has 1 aliphatic heterocycles. The van der Waals surface area contributed by atoms with E-state index in [4.69, 9.17) is 10.8 Å². The van der Waals surface area contributed by atoms with Gasteiger partial charge in [-0.3, -0.25) is 28.8 Å². The van der Waals surface area contributed by atoms with Crippen molar-refractivity contribution in [1.82, 2.24) is 26.2 Å². The number of nitrogens with two attached hydrogens (primary N) is 1. The third-order valence-corrected chi connectivity index (χ3v) is 5.50. The first-order chi connectivity index (χ1) is 16.6. The summed E-state index contributed by atoms with van der Waals surface area (Å²) in [6, 6.07) is 3.09. The lowest BCUT2D eigenvalue weighted by Crippen LogP contribution is -2.54. The predicted octanol–water partition coefficient (Wildman–Crippen LogP) is -2.20. The number of likely N-dealkylation sites (tertiary alicyclic amines) is 1. The lowest BCUT2D eigenvalue weighted by Gasteiger charge is -2.28. The SMILES string of the molecule is CNCC(=O)NC(CCC(=O)O)C(=O)N1CC(NC(=O)c2cccc(C(N)=O)c2)CC1C(=O)NC. The van der Waals surface area contributed by atoms with Crippen LogP contribution in [0.2, 0.25) is 0 Å². The van der Waals surface area contributed by atoms with E-state index < -0.39 is 53.6 Å². The van der Waals surface area contributed by atoms with Gasteiger partial charge in [-0.25, -0.2) is 0 Å². The van der Waals surface area contributed by atoms with Crippen molar-refractivity contribution in [2.75, 3.05) is 27.2 Å². The van der Waals surface area contributed by atoms with E-state index in [1.807, 2.05) is 0 Å². The minimum Gasteiger partial charge on any atom is -0.481 e. The molecule has 1 fully saturated rings. The Bertz CT molecular complexity index is 998. The van der Waals surface area contributed by atoms with Crippen LogP contribution in [0.25, 0.3) is 0 Å². The van der Waals surface area contributed by atoms with Gasteiger partial charge in [0.2, 0.25) is 23.6 Å². The van der Waals surface area contributed by atoms with Gasteiger partial charge in [0.1, 0.15) is 12.1 Å². The molecule has 1 aliphatic rings. The number of amides is 5. The molecule has 1 aromatic carbocycles. The van der Waals surface area contributed by atoms with E-state index >= 15 is 0 Å². The number of aliphatic carboxylic acids is 1. The Hall–Kier alpha value is -4.00. The smallest absolute Gasteiger partial charge is 0.303 e. The van der Waals surface area contributed by atoms with Crippen molar-refractivity contribution in [2.24, 2.45) is 5.73 Å². The maximum atomic E-state index is 13.3. The number of carboxylic acid groups (broad SMARTS) is 1. The summed E-state index contributed by atoms with van der Waals surface area (Å²) in [5, 5.41) is 19.4. The fourth-order valence-corrected chi connectivity index (χ4v) is 3.81. The van der Waals surface area contributed by atoms with E-state index in [2.05, 4.69) is 21.3 Å². The number of rotatable bonds is 11. The Balaban J connectivity index is 2.21. The number of carbonyl (C=O) groups excluding carboxylic acids is 5. The lowest BCUT2D eigenvalue weighted by molar-refractivity contribution is -0.142. The Morgan fingerprint density at radius 2 is 1.83 bits per heavy atom. The zero-order valence-corrected chi connectivity index (χ0v) is 19.5. The normalized spacial score (nSPS) is 17.8. The standard InChI is InChI=1S/C22H30N6O7/c1-24-10-17(29)27-15(6-7-18(30)31)22(35)28-11-14(9-16(28)21(34)25-2)26-20(33)13-5-3-4-12(8-13)19(23)32/h3-5,8,14-16,24H,6-7,9-11H2,1-2H3,(H2,23,32)(H,25,34)(H,26,33)(H,27,29)(H,30,31). The molecular formula is C22H30N6O7. The summed E-state index contributed by atoms with van der Waals surface area (Å²) < 4.78 is 0. The van der Waals surface area contributed by atoms with E-state index in [-0.39, 0.29) is 43.5 Å². The predicted molar refractivity (Wildman–Crippen MR) is 123 cm³/mol. The van der Waals surface area contributed by atoms with Gasteiger partial charge in [-0.1, -0.05) is 6.07 Å². The number of hydrogen-bond donors (Lipinski definition) is 6. The number of carboxylic acids is 1. The van der Waals surface area contributed by atoms with Gasteiger partial charge in [0.05, 0.1) is 6.54 Å². The zero-order chi connectivity index (χ0) is 26.1. The molecule has 35 heavy (non-hydrogen) atoms. The van der Waals surface area contributed by atoms with Crippen molar-refractivity contribution < 1.29 is 33.9 Å². The van der Waals surface area contributed by atoms with Crippen LogP contribution in [0.1, 0.15) is 40.0 Å². The second-order valence-corrected chi connectivity index (χ2v) is 8.05. The molecule has 7 N–H and O–H groups in total. The zero-order valence-electron chi connectivity index (χ0n) is 19.5. The van der Waals surface area contributed by atoms with Crippen molar-refractivity contribution in [3.8, 4) is 0 Å². The Morgan fingerprint density at radius 3 is 2.43 bits per heavy atom. The van der Waals surface area contributed by atoms with Crippen LogP contribution in [0, 0.1) is 0 Å². The summed E-state index contributed by atoms with van der Waals surface area (Å²) in [4.78, 5) is 74.3. The highest BCUT2D eigenvalue weighted by molar-refractivity contribution is 5.99. The molecule has 0 spiro atoms. The van der Waals surface area contributed by atoms with E-state index in [0.717, 1.165) is 0 Å². The molecule has 0 bridgehead atoms. The van der Waals surface area contributed by atoms with Gasteiger partial charge in [-0.15, -0.1) is 0 Å². The van der Waals surface area contributed by atoms with Crippen LogP contribution in [0.3, 0.4) is 0 Å². The Kier molecular flexibility index (Phi) is 9.70. The number of primary amides is 1. The summed E-state index contributed by atoms with van der Waals surface area (Å²) >= 11 is 0. The molecule has 0 radical (unpaired) electrons. The molecule has 13 heteroatoms. The van der Waals surface area contributed by atoms with Crippen LogP contribution < -0.4 is 27.0 Å². The van der Waals surface area contributed by atoms with Crippen molar-refractivity contribution in [3.05, 3.63) is 35.4 Å². The summed E-state index contributed by atoms with van der Waals surface area (Å²) in [5.74, 6) is -3.96. The van der Waals surface area contributed by atoms with Gasteiger partial charge in [0, 0.05) is 37.2 Å². The van der Waals surface area contributed by atoms with Crippen LogP contribution in [0.15, 0.2) is 24.3 Å². The quantitative estimate of drug-likeness (QED) is 0.201. The molecule has 0 saturated carbocycles. The fourth-order valence-electron chi connectivity index (χ4n) is 3.81. The van der Waals surface area contributed by atoms with Crippen LogP contribution in [-0.4, -0.2) is 90.8 Å². The van der Waals surface area contributed by atoms with Crippen LogP contribution in [0.4, 0.5) is 0 Å². The topological polar surface area (TPSA) is 200 Å². The van der Waals surface area contributed by atoms with Gasteiger partial charge in [0.25, 0.3) is 5.91 Å². The second-order valence-electron chi connectivity index (χ2n) is 8.05. The van der Waals surface area contributed by atoms with Gasteiger partial charge < -0.3 is 37.0 Å². The van der Waals surface area contributed by atoms with E-state index in [9.17, 15) is 28.8 Å². The molecule has 2 rings (SSSR count). The number of benzene rings is 1. The van der Waals surface area contributed by atoms with Crippen molar-refractivity contribution in [1.29, 1.82) is 0 Å². The van der Waals surface area contributed by atoms with Crippen molar-refractivity contribution in [2.45, 2.75) is 37.4 Å². The highest BCUT2D eigenvalue weighted by Crippen LogP contribution is 2.21. The summed E-state index contributed by atoms with van der Waals surface area (Å²) in [6.07, 6.45) is -0.439. The third kappa shape index (κ3) is 7.50. The number of carbonyl (C=O) groups is 6. The first-order valence-electron chi connectivity index (χ1n) is 11.0. The molecule has 3 atom stereocenters. The third-order valence-electron chi connectivity index (χ3n) is 5.50. The van der Waals surface area contributed by atoms with Gasteiger partial charge >= 0.3 is 5.97 Å².